The maximum Gasteiger partial charge on any atom is 0.238 e. The van der Waals surface area contributed by atoms with Crippen molar-refractivity contribution in [3.63, 3.8) is 0 Å². The average Bonchev–Trinajstić information content (AvgIpc) is 4.08. The summed E-state index contributed by atoms with van der Waals surface area (Å²) in [6.45, 7) is 0. The zero-order valence-corrected chi connectivity index (χ0v) is 33.0. The third kappa shape index (κ3) is 4.73. The van der Waals surface area contributed by atoms with Gasteiger partial charge in [0.15, 0.2) is 11.6 Å². The molecule has 62 heavy (non-hydrogen) atoms. The second-order valence-electron chi connectivity index (χ2n) is 16.0. The number of fused-ring (bicyclic) bond motifs is 13. The summed E-state index contributed by atoms with van der Waals surface area (Å²) < 4.78 is 17.7. The molecule has 7 nitrogen and oxygen atoms in total. The Kier molecular flexibility index (Phi) is 6.71. The highest BCUT2D eigenvalue weighted by atomic mass is 16.3. The fraction of sp³-hybridized carbons (Fsp3) is 0. The second kappa shape index (κ2) is 12.5. The zero-order chi connectivity index (χ0) is 40.5. The highest BCUT2D eigenvalue weighted by molar-refractivity contribution is 6.17. The first-order chi connectivity index (χ1) is 30.7. The highest BCUT2D eigenvalue weighted by Crippen LogP contribution is 2.42. The van der Waals surface area contributed by atoms with E-state index in [1.54, 1.807) is 0 Å². The molecule has 0 aliphatic heterocycles. The molecule has 0 spiro atoms. The van der Waals surface area contributed by atoms with E-state index in [0.717, 1.165) is 93.5 Å². The van der Waals surface area contributed by atoms with Crippen LogP contribution in [0.1, 0.15) is 0 Å². The van der Waals surface area contributed by atoms with Gasteiger partial charge in [-0.3, -0.25) is 4.57 Å². The number of aromatic nitrogens is 5. The molecule has 0 N–H and O–H groups in total. The average molecular weight is 794 g/mol. The van der Waals surface area contributed by atoms with Crippen molar-refractivity contribution in [2.24, 2.45) is 0 Å². The standard InChI is InChI=1S/C55H31N5O2/c1-2-14-33-28-46-42(27-32(33)13-1)38-17-5-8-20-43(38)59(46)47-29-35(31-51-52(47)41-19-7-12-24-49(41)62-51)54-56-53(34-25-26-40-39-18-6-11-23-48(39)61-50(40)30-34)57-55(58-54)60-44-21-9-3-15-36(44)37-16-4-10-22-45(37)60/h1-31H. The van der Waals surface area contributed by atoms with Crippen molar-refractivity contribution in [3.05, 3.63) is 188 Å². The van der Waals surface area contributed by atoms with Crippen LogP contribution in [-0.2, 0) is 0 Å². The molecular formula is C55H31N5O2. The Morgan fingerprint density at radius 2 is 0.839 bits per heavy atom. The lowest BCUT2D eigenvalue weighted by Crippen LogP contribution is -2.06. The largest absolute Gasteiger partial charge is 0.456 e. The summed E-state index contributed by atoms with van der Waals surface area (Å²) in [4.78, 5) is 16.0. The van der Waals surface area contributed by atoms with Crippen LogP contribution in [0.15, 0.2) is 197 Å². The van der Waals surface area contributed by atoms with E-state index in [4.69, 9.17) is 23.8 Å². The number of nitrogens with zero attached hydrogens (tertiary/aromatic N) is 5. The van der Waals surface area contributed by atoms with Crippen LogP contribution in [0, 0.1) is 0 Å². The lowest BCUT2D eigenvalue weighted by molar-refractivity contribution is 0.668. The summed E-state index contributed by atoms with van der Waals surface area (Å²) >= 11 is 0. The Hall–Kier alpha value is -8.55. The van der Waals surface area contributed by atoms with Crippen LogP contribution in [0.5, 0.6) is 0 Å². The monoisotopic (exact) mass is 793 g/mol. The van der Waals surface area contributed by atoms with E-state index in [1.165, 1.54) is 21.5 Å². The Bertz CT molecular complexity index is 4130. The van der Waals surface area contributed by atoms with E-state index in [0.29, 0.717) is 17.6 Å². The first-order valence-electron chi connectivity index (χ1n) is 20.8. The molecular weight excluding hydrogens is 763 g/mol. The number of hydrogen-bond donors (Lipinski definition) is 0. The minimum Gasteiger partial charge on any atom is -0.456 e. The van der Waals surface area contributed by atoms with E-state index in [1.807, 2.05) is 36.4 Å². The zero-order valence-electron chi connectivity index (χ0n) is 33.0. The van der Waals surface area contributed by atoms with E-state index in [-0.39, 0.29) is 0 Å². The van der Waals surface area contributed by atoms with E-state index in [2.05, 4.69) is 161 Å². The normalized spacial score (nSPS) is 12.2. The molecule has 0 fully saturated rings. The Labute approximate surface area is 352 Å². The Balaban J connectivity index is 1.09. The number of benzene rings is 9. The van der Waals surface area contributed by atoms with Gasteiger partial charge in [0.2, 0.25) is 5.95 Å². The van der Waals surface area contributed by atoms with E-state index in [9.17, 15) is 0 Å². The molecule has 0 atom stereocenters. The molecule has 5 heterocycles. The molecule has 0 aliphatic carbocycles. The van der Waals surface area contributed by atoms with Crippen LogP contribution < -0.4 is 0 Å². The molecule has 0 saturated heterocycles. The van der Waals surface area contributed by atoms with Gasteiger partial charge in [-0.15, -0.1) is 0 Å². The maximum atomic E-state index is 6.76. The van der Waals surface area contributed by atoms with Gasteiger partial charge < -0.3 is 13.4 Å². The smallest absolute Gasteiger partial charge is 0.238 e. The van der Waals surface area contributed by atoms with Gasteiger partial charge in [0.05, 0.1) is 33.1 Å². The van der Waals surface area contributed by atoms with Gasteiger partial charge in [-0.25, -0.2) is 4.98 Å². The van der Waals surface area contributed by atoms with Crippen LogP contribution in [0.4, 0.5) is 0 Å². The van der Waals surface area contributed by atoms with Crippen LogP contribution in [0.2, 0.25) is 0 Å². The van der Waals surface area contributed by atoms with Crippen LogP contribution in [0.3, 0.4) is 0 Å². The summed E-state index contributed by atoms with van der Waals surface area (Å²) in [7, 11) is 0. The van der Waals surface area contributed by atoms with Gasteiger partial charge in [0.25, 0.3) is 0 Å². The molecule has 0 unspecified atom stereocenters. The molecule has 0 aliphatic rings. The second-order valence-corrected chi connectivity index (χ2v) is 16.0. The minimum absolute atomic E-state index is 0.515. The van der Waals surface area contributed by atoms with E-state index >= 15 is 0 Å². The van der Waals surface area contributed by atoms with Crippen molar-refractivity contribution in [3.8, 4) is 34.4 Å². The van der Waals surface area contributed by atoms with Crippen LogP contribution in [-0.4, -0.2) is 24.1 Å². The van der Waals surface area contributed by atoms with Crippen molar-refractivity contribution in [2.75, 3.05) is 0 Å². The highest BCUT2D eigenvalue weighted by Gasteiger charge is 2.23. The van der Waals surface area contributed by atoms with Crippen molar-refractivity contribution in [1.29, 1.82) is 0 Å². The van der Waals surface area contributed by atoms with Crippen molar-refractivity contribution < 1.29 is 8.83 Å². The number of furan rings is 2. The Morgan fingerprint density at radius 3 is 1.56 bits per heavy atom. The third-order valence-corrected chi connectivity index (χ3v) is 12.5. The first kappa shape index (κ1) is 33.3. The molecule has 0 saturated carbocycles. The van der Waals surface area contributed by atoms with Crippen LogP contribution >= 0.6 is 0 Å². The van der Waals surface area contributed by atoms with Gasteiger partial charge in [-0.2, -0.15) is 9.97 Å². The molecule has 7 heteroatoms. The lowest BCUT2D eigenvalue weighted by Gasteiger charge is -2.14. The predicted molar refractivity (Wildman–Crippen MR) is 251 cm³/mol. The molecule has 0 bridgehead atoms. The van der Waals surface area contributed by atoms with E-state index < -0.39 is 0 Å². The van der Waals surface area contributed by atoms with Gasteiger partial charge in [0, 0.05) is 48.8 Å². The van der Waals surface area contributed by atoms with Gasteiger partial charge in [0.1, 0.15) is 22.3 Å². The topological polar surface area (TPSA) is 74.8 Å². The van der Waals surface area contributed by atoms with Gasteiger partial charge in [-0.1, -0.05) is 121 Å². The summed E-state index contributed by atoms with van der Waals surface area (Å²) in [5.41, 5.74) is 10.00. The number of para-hydroxylation sites is 5. The molecule has 0 amide bonds. The lowest BCUT2D eigenvalue weighted by atomic mass is 10.1. The molecule has 14 rings (SSSR count). The molecule has 5 aromatic heterocycles. The van der Waals surface area contributed by atoms with Crippen LogP contribution in [0.25, 0.3) is 133 Å². The first-order valence-corrected chi connectivity index (χ1v) is 20.8. The minimum atomic E-state index is 0.515. The summed E-state index contributed by atoms with van der Waals surface area (Å²) in [6, 6.07) is 65.6. The van der Waals surface area contributed by atoms with Gasteiger partial charge >= 0.3 is 0 Å². The quantitative estimate of drug-likeness (QED) is 0.177. The van der Waals surface area contributed by atoms with Crippen molar-refractivity contribution >= 4 is 98.3 Å². The van der Waals surface area contributed by atoms with Crippen molar-refractivity contribution in [1.82, 2.24) is 24.1 Å². The molecule has 9 aromatic carbocycles. The fourth-order valence-corrected chi connectivity index (χ4v) is 9.78. The summed E-state index contributed by atoms with van der Waals surface area (Å²) in [5.74, 6) is 1.57. The maximum absolute atomic E-state index is 6.76. The third-order valence-electron chi connectivity index (χ3n) is 12.5. The molecule has 288 valence electrons. The molecule has 14 aromatic rings. The number of hydrogen-bond acceptors (Lipinski definition) is 5. The van der Waals surface area contributed by atoms with Gasteiger partial charge in [-0.05, 0) is 77.5 Å². The summed E-state index contributed by atoms with van der Waals surface area (Å²) in [6.07, 6.45) is 0. The Morgan fingerprint density at radius 1 is 0.323 bits per heavy atom. The SMILES string of the molecule is c1ccc2cc3c(cc2c1)c1ccccc1n3-c1cc(-c2nc(-c3ccc4c(c3)oc3ccccc34)nc(-n3c4ccccc4c4ccccc43)n2)cc2oc3ccccc3c12. The fourth-order valence-electron chi connectivity index (χ4n) is 9.78. The molecule has 0 radical (unpaired) electrons. The predicted octanol–water partition coefficient (Wildman–Crippen LogP) is 14.4. The number of rotatable bonds is 4. The summed E-state index contributed by atoms with van der Waals surface area (Å²) in [5, 5.41) is 11.2. The van der Waals surface area contributed by atoms with Crippen molar-refractivity contribution in [2.45, 2.75) is 0 Å².